The minimum Gasteiger partial charge on any atom is -0.369 e. The summed E-state index contributed by atoms with van der Waals surface area (Å²) in [5.41, 5.74) is 5.30. The Morgan fingerprint density at radius 3 is 2.77 bits per heavy atom. The van der Waals surface area contributed by atoms with E-state index >= 15 is 0 Å². The Bertz CT molecular complexity index is 1090. The lowest BCUT2D eigenvalue weighted by Crippen LogP contribution is -2.45. The number of hydrogen-bond donors (Lipinski definition) is 1. The van der Waals surface area contributed by atoms with Gasteiger partial charge in [0.25, 0.3) is 5.91 Å². The van der Waals surface area contributed by atoms with Crippen molar-refractivity contribution in [3.05, 3.63) is 63.0 Å². The van der Waals surface area contributed by atoms with Crippen LogP contribution in [0.15, 0.2) is 46.3 Å². The fourth-order valence-electron chi connectivity index (χ4n) is 4.14. The Morgan fingerprint density at radius 1 is 1.30 bits per heavy atom. The van der Waals surface area contributed by atoms with Crippen LogP contribution in [-0.4, -0.2) is 23.7 Å². The van der Waals surface area contributed by atoms with E-state index in [2.05, 4.69) is 49.1 Å². The summed E-state index contributed by atoms with van der Waals surface area (Å²) in [5, 5.41) is 4.10. The van der Waals surface area contributed by atoms with Crippen LogP contribution in [0.2, 0.25) is 5.02 Å². The van der Waals surface area contributed by atoms with E-state index in [0.717, 1.165) is 28.9 Å². The smallest absolute Gasteiger partial charge is 0.264 e. The quantitative estimate of drug-likeness (QED) is 0.561. The number of anilines is 1. The van der Waals surface area contributed by atoms with E-state index in [4.69, 9.17) is 11.6 Å². The first-order chi connectivity index (χ1) is 14.2. The van der Waals surface area contributed by atoms with Crippen LogP contribution in [0, 0.1) is 6.92 Å². The molecule has 2 aromatic carbocycles. The van der Waals surface area contributed by atoms with E-state index < -0.39 is 0 Å². The van der Waals surface area contributed by atoms with Crippen LogP contribution in [-0.2, 0) is 4.79 Å². The van der Waals surface area contributed by atoms with Gasteiger partial charge in [0.1, 0.15) is 0 Å². The molecular formula is C24H26ClN3OS. The predicted molar refractivity (Wildman–Crippen MR) is 129 cm³/mol. The van der Waals surface area contributed by atoms with Crippen LogP contribution in [0.1, 0.15) is 49.8 Å². The minimum atomic E-state index is -0.146. The summed E-state index contributed by atoms with van der Waals surface area (Å²) >= 11 is 7.98. The zero-order valence-corrected chi connectivity index (χ0v) is 19.5. The highest BCUT2D eigenvalue weighted by Crippen LogP contribution is 2.45. The van der Waals surface area contributed by atoms with Crippen LogP contribution < -0.4 is 10.2 Å². The fraction of sp³-hybridized carbons (Fsp3) is 0.333. The molecule has 1 unspecified atom stereocenters. The molecule has 4 nitrogen and oxygen atoms in total. The Morgan fingerprint density at radius 2 is 2.03 bits per heavy atom. The van der Waals surface area contributed by atoms with Crippen LogP contribution in [0.4, 0.5) is 11.4 Å². The second-order valence-electron chi connectivity index (χ2n) is 8.68. The van der Waals surface area contributed by atoms with E-state index in [1.807, 2.05) is 43.3 Å². The average molecular weight is 440 g/mol. The molecule has 0 aliphatic carbocycles. The lowest BCUT2D eigenvalue weighted by atomic mass is 9.80. The summed E-state index contributed by atoms with van der Waals surface area (Å²) in [6.07, 6.45) is 2.94. The number of nitrogens with one attached hydrogen (secondary N) is 1. The van der Waals surface area contributed by atoms with Gasteiger partial charge in [0.05, 0.1) is 10.6 Å². The number of thioether (sulfide) groups is 1. The van der Waals surface area contributed by atoms with Gasteiger partial charge in [0.15, 0.2) is 5.17 Å². The molecular weight excluding hydrogens is 414 g/mol. The minimum absolute atomic E-state index is 0.0812. The van der Waals surface area contributed by atoms with Gasteiger partial charge in [-0.3, -0.25) is 4.79 Å². The largest absolute Gasteiger partial charge is 0.369 e. The Balaban J connectivity index is 1.67. The van der Waals surface area contributed by atoms with Crippen molar-refractivity contribution in [3.8, 4) is 0 Å². The second-order valence-corrected chi connectivity index (χ2v) is 10.1. The molecule has 30 heavy (non-hydrogen) atoms. The number of aryl methyl sites for hydroxylation is 1. The highest BCUT2D eigenvalue weighted by atomic mass is 35.5. The number of amides is 1. The Kier molecular flexibility index (Phi) is 5.45. The molecule has 0 bridgehead atoms. The highest BCUT2D eigenvalue weighted by molar-refractivity contribution is 8.18. The van der Waals surface area contributed by atoms with Crippen molar-refractivity contribution in [2.45, 2.75) is 45.6 Å². The molecule has 2 aromatic rings. The maximum absolute atomic E-state index is 12.5. The van der Waals surface area contributed by atoms with Crippen molar-refractivity contribution in [3.63, 3.8) is 0 Å². The first kappa shape index (κ1) is 21.0. The summed E-state index contributed by atoms with van der Waals surface area (Å²) in [7, 11) is 2.12. The Labute approximate surface area is 187 Å². The zero-order chi connectivity index (χ0) is 21.6. The third-order valence-electron chi connectivity index (χ3n) is 6.03. The molecule has 0 radical (unpaired) electrons. The van der Waals surface area contributed by atoms with Crippen molar-refractivity contribution >= 4 is 51.9 Å². The zero-order valence-electron chi connectivity index (χ0n) is 17.9. The van der Waals surface area contributed by atoms with Crippen LogP contribution in [0.5, 0.6) is 0 Å². The van der Waals surface area contributed by atoms with Crippen molar-refractivity contribution in [2.24, 2.45) is 4.99 Å². The number of carbonyl (C=O) groups is 1. The molecule has 6 heteroatoms. The summed E-state index contributed by atoms with van der Waals surface area (Å²) in [6.45, 7) is 8.77. The lowest BCUT2D eigenvalue weighted by molar-refractivity contribution is -0.115. The first-order valence-electron chi connectivity index (χ1n) is 10.1. The monoisotopic (exact) mass is 439 g/mol. The van der Waals surface area contributed by atoms with Gasteiger partial charge >= 0.3 is 0 Å². The van der Waals surface area contributed by atoms with Gasteiger partial charge in [-0.15, -0.1) is 0 Å². The summed E-state index contributed by atoms with van der Waals surface area (Å²) in [6, 6.07) is 12.0. The number of hydrogen-bond acceptors (Lipinski definition) is 4. The molecule has 1 amide bonds. The Hall–Kier alpha value is -2.24. The third kappa shape index (κ3) is 3.88. The maximum Gasteiger partial charge on any atom is 0.264 e. The van der Waals surface area contributed by atoms with Crippen LogP contribution >= 0.6 is 23.4 Å². The highest BCUT2D eigenvalue weighted by Gasteiger charge is 2.34. The topological polar surface area (TPSA) is 44.7 Å². The molecule has 2 aliphatic heterocycles. The van der Waals surface area contributed by atoms with E-state index in [-0.39, 0.29) is 11.4 Å². The first-order valence-corrected chi connectivity index (χ1v) is 11.3. The van der Waals surface area contributed by atoms with E-state index in [1.54, 1.807) is 0 Å². The van der Waals surface area contributed by atoms with Crippen LogP contribution in [0.3, 0.4) is 0 Å². The second kappa shape index (κ2) is 7.78. The number of rotatable bonds is 2. The van der Waals surface area contributed by atoms with Crippen molar-refractivity contribution < 1.29 is 4.79 Å². The maximum atomic E-state index is 12.5. The average Bonchev–Trinajstić information content (AvgIpc) is 3.02. The normalized spacial score (nSPS) is 23.1. The van der Waals surface area contributed by atoms with Gasteiger partial charge in [-0.1, -0.05) is 36.7 Å². The molecule has 156 valence electrons. The summed E-state index contributed by atoms with van der Waals surface area (Å²) in [5.74, 6) is 0.274. The van der Waals surface area contributed by atoms with Crippen molar-refractivity contribution in [1.82, 2.24) is 5.32 Å². The number of carbonyl (C=O) groups excluding carboxylic acids is 1. The van der Waals surface area contributed by atoms with Crippen molar-refractivity contribution in [1.29, 1.82) is 0 Å². The molecule has 0 spiro atoms. The molecule has 4 rings (SSSR count). The van der Waals surface area contributed by atoms with E-state index in [9.17, 15) is 4.79 Å². The molecule has 0 aromatic heterocycles. The number of fused-ring (bicyclic) bond motifs is 1. The summed E-state index contributed by atoms with van der Waals surface area (Å²) in [4.78, 5) is 20.0. The number of halogens is 1. The predicted octanol–water partition coefficient (Wildman–Crippen LogP) is 6.26. The van der Waals surface area contributed by atoms with Gasteiger partial charge in [-0.2, -0.15) is 0 Å². The third-order valence-corrected chi connectivity index (χ3v) is 7.26. The van der Waals surface area contributed by atoms with Gasteiger partial charge in [0, 0.05) is 23.3 Å². The number of para-hydroxylation sites is 1. The van der Waals surface area contributed by atoms with E-state index in [0.29, 0.717) is 21.0 Å². The van der Waals surface area contributed by atoms with Crippen molar-refractivity contribution in [2.75, 3.05) is 11.9 Å². The number of nitrogens with zero attached hydrogens (tertiary/aromatic N) is 2. The van der Waals surface area contributed by atoms with Crippen LogP contribution in [0.25, 0.3) is 6.08 Å². The van der Waals surface area contributed by atoms with Gasteiger partial charge in [0.2, 0.25) is 0 Å². The molecule has 1 N–H and O–H groups in total. The number of benzene rings is 2. The standard InChI is InChI=1S/C24H26ClN3OS/c1-14-8-6-7-9-19(14)26-23-27-22(29)21(30-23)11-16-10-17-15(2)13-24(3,4)28(5)20(17)12-18(16)25/h6-12,15H,13H2,1-5H3,(H,26,27,29)/b21-11+. The summed E-state index contributed by atoms with van der Waals surface area (Å²) < 4.78 is 0. The molecule has 2 heterocycles. The van der Waals surface area contributed by atoms with Gasteiger partial charge in [-0.25, -0.2) is 4.99 Å². The number of aliphatic imine (C=N–C) groups is 1. The number of amidine groups is 1. The molecule has 1 saturated heterocycles. The SMILES string of the molecule is Cc1ccccc1N=C1NC(=O)/C(=C\c2cc3c(cc2Cl)N(C)C(C)(C)CC3C)S1. The van der Waals surface area contributed by atoms with Gasteiger partial charge < -0.3 is 10.2 Å². The molecule has 1 atom stereocenters. The van der Waals surface area contributed by atoms with Gasteiger partial charge in [-0.05, 0) is 85.8 Å². The lowest BCUT2D eigenvalue weighted by Gasteiger charge is -2.45. The molecule has 1 fully saturated rings. The fourth-order valence-corrected chi connectivity index (χ4v) is 5.17. The van der Waals surface area contributed by atoms with E-state index in [1.165, 1.54) is 17.3 Å². The molecule has 0 saturated carbocycles. The molecule has 2 aliphatic rings.